The molecule has 4 heteroatoms. The average Bonchev–Trinajstić information content (AvgIpc) is 2.30. The number of rotatable bonds is 2. The van der Waals surface area contributed by atoms with Crippen LogP contribution >= 0.6 is 15.9 Å². The molecule has 0 aliphatic rings. The Morgan fingerprint density at radius 1 is 1.00 bits per heavy atom. The zero-order valence-corrected chi connectivity index (χ0v) is 10.3. The maximum Gasteiger partial charge on any atom is 0.336 e. The first-order valence-electron chi connectivity index (χ1n) is 4.90. The van der Waals surface area contributed by atoms with Crippen molar-refractivity contribution in [3.8, 4) is 16.9 Å². The third-order valence-corrected chi connectivity index (χ3v) is 3.09. The number of hydrogen-bond acceptors (Lipinski definition) is 2. The van der Waals surface area contributed by atoms with Crippen molar-refractivity contribution in [3.05, 3.63) is 52.5 Å². The van der Waals surface area contributed by atoms with E-state index in [-0.39, 0.29) is 11.3 Å². The molecule has 2 rings (SSSR count). The van der Waals surface area contributed by atoms with Crippen LogP contribution in [0.3, 0.4) is 0 Å². The number of halogens is 1. The molecule has 0 saturated heterocycles. The van der Waals surface area contributed by atoms with Crippen molar-refractivity contribution in [3.63, 3.8) is 0 Å². The van der Waals surface area contributed by atoms with Gasteiger partial charge in [-0.2, -0.15) is 0 Å². The number of carbonyl (C=O) groups is 1. The molecule has 0 aromatic heterocycles. The number of phenolic OH excluding ortho intramolecular Hbond substituents is 1. The summed E-state index contributed by atoms with van der Waals surface area (Å²) in [4.78, 5) is 11.0. The minimum Gasteiger partial charge on any atom is -0.508 e. The molecule has 0 radical (unpaired) electrons. The van der Waals surface area contributed by atoms with Crippen LogP contribution < -0.4 is 0 Å². The quantitative estimate of drug-likeness (QED) is 0.890. The molecular weight excluding hydrogens is 284 g/mol. The molecule has 3 nitrogen and oxygen atoms in total. The fraction of sp³-hybridized carbons (Fsp3) is 0. The molecule has 86 valence electrons. The average molecular weight is 293 g/mol. The van der Waals surface area contributed by atoms with Crippen molar-refractivity contribution in [1.29, 1.82) is 0 Å². The molecule has 0 spiro atoms. The maximum absolute atomic E-state index is 11.0. The first kappa shape index (κ1) is 11.7. The molecule has 0 aliphatic carbocycles. The molecule has 0 bridgehead atoms. The van der Waals surface area contributed by atoms with Gasteiger partial charge in [0.15, 0.2) is 0 Å². The van der Waals surface area contributed by atoms with E-state index >= 15 is 0 Å². The Kier molecular flexibility index (Phi) is 3.15. The molecule has 0 unspecified atom stereocenters. The number of phenols is 1. The van der Waals surface area contributed by atoms with Crippen LogP contribution in [-0.2, 0) is 0 Å². The van der Waals surface area contributed by atoms with E-state index < -0.39 is 5.97 Å². The number of hydrogen-bond donors (Lipinski definition) is 2. The van der Waals surface area contributed by atoms with Gasteiger partial charge in [-0.3, -0.25) is 0 Å². The Balaban J connectivity index is 2.50. The van der Waals surface area contributed by atoms with Gasteiger partial charge in [0.05, 0.1) is 5.56 Å². The molecule has 17 heavy (non-hydrogen) atoms. The fourth-order valence-corrected chi connectivity index (χ4v) is 1.94. The zero-order valence-electron chi connectivity index (χ0n) is 8.72. The predicted octanol–water partition coefficient (Wildman–Crippen LogP) is 3.52. The lowest BCUT2D eigenvalue weighted by Gasteiger charge is -2.05. The van der Waals surface area contributed by atoms with Crippen LogP contribution in [0.1, 0.15) is 10.4 Å². The summed E-state index contributed by atoms with van der Waals surface area (Å²) in [5, 5.41) is 18.2. The zero-order chi connectivity index (χ0) is 12.4. The van der Waals surface area contributed by atoms with Gasteiger partial charge in [-0.25, -0.2) is 4.79 Å². The summed E-state index contributed by atoms with van der Waals surface area (Å²) in [6, 6.07) is 11.7. The summed E-state index contributed by atoms with van der Waals surface area (Å²) in [7, 11) is 0. The van der Waals surface area contributed by atoms with Gasteiger partial charge < -0.3 is 10.2 Å². The van der Waals surface area contributed by atoms with Crippen LogP contribution in [-0.4, -0.2) is 16.2 Å². The second-order valence-corrected chi connectivity index (χ2v) is 4.40. The topological polar surface area (TPSA) is 57.5 Å². The summed E-state index contributed by atoms with van der Waals surface area (Å²) < 4.78 is 0.549. The molecule has 0 fully saturated rings. The first-order chi connectivity index (χ1) is 8.08. The highest BCUT2D eigenvalue weighted by atomic mass is 79.9. The largest absolute Gasteiger partial charge is 0.508 e. The van der Waals surface area contributed by atoms with Crippen LogP contribution in [0, 0.1) is 0 Å². The molecule has 0 heterocycles. The Bertz CT molecular complexity index is 561. The lowest BCUT2D eigenvalue weighted by atomic mass is 10.0. The van der Waals surface area contributed by atoms with E-state index in [0.29, 0.717) is 4.47 Å². The molecule has 0 aliphatic heterocycles. The maximum atomic E-state index is 11.0. The van der Waals surface area contributed by atoms with Gasteiger partial charge in [0.1, 0.15) is 5.75 Å². The second-order valence-electron chi connectivity index (χ2n) is 3.55. The van der Waals surface area contributed by atoms with Crippen LogP contribution in [0.5, 0.6) is 5.75 Å². The Morgan fingerprint density at radius 3 is 2.18 bits per heavy atom. The van der Waals surface area contributed by atoms with Crippen molar-refractivity contribution < 1.29 is 15.0 Å². The molecular formula is C13H9BrO3. The minimum atomic E-state index is -0.975. The van der Waals surface area contributed by atoms with E-state index in [9.17, 15) is 9.90 Å². The highest BCUT2D eigenvalue weighted by Gasteiger charge is 2.09. The number of aromatic carboxylic acids is 1. The van der Waals surface area contributed by atoms with Crippen LogP contribution in [0.15, 0.2) is 46.9 Å². The molecule has 0 atom stereocenters. The van der Waals surface area contributed by atoms with Gasteiger partial charge in [-0.15, -0.1) is 0 Å². The third kappa shape index (κ3) is 2.47. The van der Waals surface area contributed by atoms with Crippen molar-refractivity contribution in [2.45, 2.75) is 0 Å². The highest BCUT2D eigenvalue weighted by molar-refractivity contribution is 9.10. The first-order valence-corrected chi connectivity index (χ1v) is 5.69. The highest BCUT2D eigenvalue weighted by Crippen LogP contribution is 2.26. The summed E-state index contributed by atoms with van der Waals surface area (Å²) in [5.74, 6) is -0.790. The summed E-state index contributed by atoms with van der Waals surface area (Å²) in [6.07, 6.45) is 0. The fourth-order valence-electron chi connectivity index (χ4n) is 1.52. The smallest absolute Gasteiger partial charge is 0.336 e. The van der Waals surface area contributed by atoms with Crippen LogP contribution in [0.2, 0.25) is 0 Å². The number of carboxylic acids is 1. The number of aromatic hydroxyl groups is 1. The van der Waals surface area contributed by atoms with Crippen molar-refractivity contribution in [2.24, 2.45) is 0 Å². The number of benzene rings is 2. The van der Waals surface area contributed by atoms with Crippen LogP contribution in [0.25, 0.3) is 11.1 Å². The molecule has 0 amide bonds. The molecule has 2 N–H and O–H groups in total. The lowest BCUT2D eigenvalue weighted by Crippen LogP contribution is -1.97. The normalized spacial score (nSPS) is 10.2. The third-order valence-electron chi connectivity index (χ3n) is 2.40. The van der Waals surface area contributed by atoms with Gasteiger partial charge in [-0.1, -0.05) is 18.2 Å². The summed E-state index contributed by atoms with van der Waals surface area (Å²) in [5.41, 5.74) is 1.87. The standard InChI is InChI=1S/C13H9BrO3/c14-12-6-3-9(7-11(12)13(16)17)8-1-4-10(15)5-2-8/h1-7,15H,(H,16,17). The SMILES string of the molecule is O=C(O)c1cc(-c2ccc(O)cc2)ccc1Br. The van der Waals surface area contributed by atoms with Gasteiger partial charge in [-0.05, 0) is 51.3 Å². The van der Waals surface area contributed by atoms with Crippen molar-refractivity contribution in [2.75, 3.05) is 0 Å². The molecule has 0 saturated carbocycles. The van der Waals surface area contributed by atoms with E-state index in [4.69, 9.17) is 5.11 Å². The summed E-state index contributed by atoms with van der Waals surface area (Å²) >= 11 is 3.19. The Labute approximate surface area is 106 Å². The van der Waals surface area contributed by atoms with Gasteiger partial charge in [0.2, 0.25) is 0 Å². The van der Waals surface area contributed by atoms with Crippen molar-refractivity contribution >= 4 is 21.9 Å². The Hall–Kier alpha value is -1.81. The van der Waals surface area contributed by atoms with Gasteiger partial charge >= 0.3 is 5.97 Å². The van der Waals surface area contributed by atoms with Crippen LogP contribution in [0.4, 0.5) is 0 Å². The van der Waals surface area contributed by atoms with Gasteiger partial charge in [0, 0.05) is 4.47 Å². The summed E-state index contributed by atoms with van der Waals surface area (Å²) in [6.45, 7) is 0. The van der Waals surface area contributed by atoms with Gasteiger partial charge in [0.25, 0.3) is 0 Å². The van der Waals surface area contributed by atoms with E-state index in [1.165, 1.54) is 0 Å². The Morgan fingerprint density at radius 2 is 1.59 bits per heavy atom. The molecule has 2 aromatic rings. The minimum absolute atomic E-state index is 0.185. The van der Waals surface area contributed by atoms with E-state index in [2.05, 4.69) is 15.9 Å². The van der Waals surface area contributed by atoms with E-state index in [1.54, 1.807) is 36.4 Å². The monoisotopic (exact) mass is 292 g/mol. The molecule has 2 aromatic carbocycles. The van der Waals surface area contributed by atoms with Crippen molar-refractivity contribution in [1.82, 2.24) is 0 Å². The second kappa shape index (κ2) is 4.59. The van der Waals surface area contributed by atoms with E-state index in [1.807, 2.05) is 6.07 Å². The number of carboxylic acid groups (broad SMARTS) is 1. The van der Waals surface area contributed by atoms with E-state index in [0.717, 1.165) is 11.1 Å². The lowest BCUT2D eigenvalue weighted by molar-refractivity contribution is 0.0696. The predicted molar refractivity (Wildman–Crippen MR) is 68.2 cm³/mol.